The third-order valence-corrected chi connectivity index (χ3v) is 3.13. The van der Waals surface area contributed by atoms with Gasteiger partial charge in [0.05, 0.1) is 19.3 Å². The lowest BCUT2D eigenvalue weighted by Gasteiger charge is -2.44. The average Bonchev–Trinajstić information content (AvgIpc) is 2.17. The topological polar surface area (TPSA) is 23.1 Å². The van der Waals surface area contributed by atoms with E-state index < -0.39 is 0 Å². The largest absolute Gasteiger partial charge is 0.628 e. The van der Waals surface area contributed by atoms with Crippen molar-refractivity contribution in [3.05, 3.63) is 18.0 Å². The maximum absolute atomic E-state index is 11.7. The molecule has 1 heterocycles. The number of hydrogen-bond acceptors (Lipinski definition) is 1. The van der Waals surface area contributed by atoms with Crippen molar-refractivity contribution in [3.63, 3.8) is 0 Å². The van der Waals surface area contributed by atoms with Gasteiger partial charge in [-0.2, -0.15) is 0 Å². The molecule has 0 atom stereocenters. The van der Waals surface area contributed by atoms with Crippen molar-refractivity contribution in [1.82, 2.24) is 0 Å². The molecule has 0 saturated carbocycles. The molecule has 1 aliphatic rings. The van der Waals surface area contributed by atoms with Gasteiger partial charge < -0.3 is 9.85 Å². The summed E-state index contributed by atoms with van der Waals surface area (Å²) in [6.45, 7) is 7.32. The van der Waals surface area contributed by atoms with Crippen molar-refractivity contribution >= 4 is 0 Å². The SMILES string of the molecule is C=C[N+]1([O-])CCC(CCCC)CC1. The normalized spacial score (nSPS) is 34.5. The van der Waals surface area contributed by atoms with Gasteiger partial charge in [-0.3, -0.25) is 0 Å². The number of rotatable bonds is 4. The van der Waals surface area contributed by atoms with E-state index in [4.69, 9.17) is 0 Å². The van der Waals surface area contributed by atoms with Gasteiger partial charge in [-0.1, -0.05) is 26.2 Å². The fourth-order valence-corrected chi connectivity index (χ4v) is 2.02. The van der Waals surface area contributed by atoms with Crippen molar-refractivity contribution in [2.75, 3.05) is 13.1 Å². The van der Waals surface area contributed by atoms with Gasteiger partial charge in [0.25, 0.3) is 0 Å². The maximum Gasteiger partial charge on any atom is 0.0885 e. The smallest absolute Gasteiger partial charge is 0.0885 e. The van der Waals surface area contributed by atoms with Crippen LogP contribution in [0.1, 0.15) is 39.0 Å². The van der Waals surface area contributed by atoms with E-state index in [1.807, 2.05) is 0 Å². The molecule has 0 spiro atoms. The third kappa shape index (κ3) is 3.12. The summed E-state index contributed by atoms with van der Waals surface area (Å²) in [7, 11) is 0. The van der Waals surface area contributed by atoms with Gasteiger partial charge in [-0.25, -0.2) is 0 Å². The van der Waals surface area contributed by atoms with E-state index in [9.17, 15) is 5.21 Å². The van der Waals surface area contributed by atoms with Gasteiger partial charge in [-0.05, 0) is 12.5 Å². The van der Waals surface area contributed by atoms with Crippen molar-refractivity contribution in [1.29, 1.82) is 0 Å². The standard InChI is InChI=1S/C11H21NO/c1-3-5-6-11-7-9-12(13,4-2)10-8-11/h4,11H,2-3,5-10H2,1H3. The average molecular weight is 183 g/mol. The third-order valence-electron chi connectivity index (χ3n) is 3.13. The molecule has 1 saturated heterocycles. The molecule has 13 heavy (non-hydrogen) atoms. The summed E-state index contributed by atoms with van der Waals surface area (Å²) in [5.74, 6) is 0.806. The summed E-state index contributed by atoms with van der Waals surface area (Å²) < 4.78 is -0.164. The zero-order valence-electron chi connectivity index (χ0n) is 8.67. The summed E-state index contributed by atoms with van der Waals surface area (Å²) in [6, 6.07) is 0. The highest BCUT2D eigenvalue weighted by molar-refractivity contribution is 4.69. The first-order valence-corrected chi connectivity index (χ1v) is 5.41. The Kier molecular flexibility index (Phi) is 3.94. The summed E-state index contributed by atoms with van der Waals surface area (Å²) in [6.07, 6.45) is 7.64. The molecular weight excluding hydrogens is 162 g/mol. The van der Waals surface area contributed by atoms with Crippen molar-refractivity contribution < 1.29 is 4.65 Å². The maximum atomic E-state index is 11.7. The van der Waals surface area contributed by atoms with Crippen molar-refractivity contribution in [3.8, 4) is 0 Å². The Morgan fingerprint density at radius 3 is 2.54 bits per heavy atom. The number of quaternary nitrogens is 1. The van der Waals surface area contributed by atoms with Crippen LogP contribution in [0.2, 0.25) is 0 Å². The van der Waals surface area contributed by atoms with Gasteiger partial charge in [0, 0.05) is 12.8 Å². The molecular formula is C11H21NO. The number of unbranched alkanes of at least 4 members (excludes halogenated alkanes) is 1. The molecule has 0 radical (unpaired) electrons. The highest BCUT2D eigenvalue weighted by Crippen LogP contribution is 2.26. The van der Waals surface area contributed by atoms with E-state index in [1.54, 1.807) is 6.20 Å². The molecule has 0 aliphatic carbocycles. The van der Waals surface area contributed by atoms with Crippen molar-refractivity contribution in [2.24, 2.45) is 5.92 Å². The molecule has 2 heteroatoms. The van der Waals surface area contributed by atoms with Gasteiger partial charge >= 0.3 is 0 Å². The quantitative estimate of drug-likeness (QED) is 0.485. The Labute approximate surface area is 81.4 Å². The van der Waals surface area contributed by atoms with Gasteiger partial charge in [0.15, 0.2) is 0 Å². The Bertz CT molecular complexity index is 159. The van der Waals surface area contributed by atoms with Gasteiger partial charge in [0.1, 0.15) is 0 Å². The van der Waals surface area contributed by atoms with Crippen LogP contribution in [-0.4, -0.2) is 17.7 Å². The zero-order valence-corrected chi connectivity index (χ0v) is 8.67. The van der Waals surface area contributed by atoms with E-state index in [1.165, 1.54) is 19.3 Å². The summed E-state index contributed by atoms with van der Waals surface area (Å²) in [4.78, 5) is 0. The van der Waals surface area contributed by atoms with Gasteiger partial charge in [-0.15, -0.1) is 0 Å². The first kappa shape index (κ1) is 10.7. The van der Waals surface area contributed by atoms with Gasteiger partial charge in [0.2, 0.25) is 0 Å². The molecule has 1 aliphatic heterocycles. The predicted octanol–water partition coefficient (Wildman–Crippen LogP) is 3.04. The summed E-state index contributed by atoms with van der Waals surface area (Å²) in [5, 5.41) is 11.7. The van der Waals surface area contributed by atoms with E-state index in [0.717, 1.165) is 31.8 Å². The predicted molar refractivity (Wildman–Crippen MR) is 55.8 cm³/mol. The van der Waals surface area contributed by atoms with Crippen LogP contribution in [0.25, 0.3) is 0 Å². The molecule has 76 valence electrons. The lowest BCUT2D eigenvalue weighted by atomic mass is 9.91. The van der Waals surface area contributed by atoms with Crippen LogP contribution in [-0.2, 0) is 0 Å². The molecule has 1 fully saturated rings. The van der Waals surface area contributed by atoms with Crippen LogP contribution < -0.4 is 0 Å². The minimum absolute atomic E-state index is 0.164. The number of likely N-dealkylation sites (tertiary alicyclic amines) is 1. The van der Waals surface area contributed by atoms with Crippen LogP contribution in [0, 0.1) is 11.1 Å². The molecule has 0 aromatic carbocycles. The minimum Gasteiger partial charge on any atom is -0.628 e. The van der Waals surface area contributed by atoms with Crippen LogP contribution in [0.15, 0.2) is 12.8 Å². The van der Waals surface area contributed by atoms with E-state index in [2.05, 4.69) is 13.5 Å². The van der Waals surface area contributed by atoms with Crippen LogP contribution in [0.4, 0.5) is 0 Å². The first-order valence-electron chi connectivity index (χ1n) is 5.41. The van der Waals surface area contributed by atoms with E-state index in [-0.39, 0.29) is 4.65 Å². The highest BCUT2D eigenvalue weighted by Gasteiger charge is 2.24. The molecule has 0 amide bonds. The number of hydroxylamine groups is 3. The molecule has 0 bridgehead atoms. The first-order chi connectivity index (χ1) is 6.20. The van der Waals surface area contributed by atoms with Crippen LogP contribution in [0.5, 0.6) is 0 Å². The Hall–Kier alpha value is -0.340. The van der Waals surface area contributed by atoms with Crippen LogP contribution in [0.3, 0.4) is 0 Å². The summed E-state index contributed by atoms with van der Waals surface area (Å²) >= 11 is 0. The second kappa shape index (κ2) is 4.77. The lowest BCUT2D eigenvalue weighted by molar-refractivity contribution is -0.835. The fourth-order valence-electron chi connectivity index (χ4n) is 2.02. The fraction of sp³-hybridized carbons (Fsp3) is 0.818. The summed E-state index contributed by atoms with van der Waals surface area (Å²) in [5.41, 5.74) is 0. The monoisotopic (exact) mass is 183 g/mol. The lowest BCUT2D eigenvalue weighted by Crippen LogP contribution is -2.43. The molecule has 2 nitrogen and oxygen atoms in total. The van der Waals surface area contributed by atoms with Crippen LogP contribution >= 0.6 is 0 Å². The second-order valence-electron chi connectivity index (χ2n) is 4.17. The Morgan fingerprint density at radius 2 is 2.08 bits per heavy atom. The minimum atomic E-state index is -0.164. The zero-order chi connectivity index (χ0) is 9.73. The Morgan fingerprint density at radius 1 is 1.46 bits per heavy atom. The molecule has 0 aromatic heterocycles. The Balaban J connectivity index is 2.26. The highest BCUT2D eigenvalue weighted by atomic mass is 16.5. The van der Waals surface area contributed by atoms with Crippen molar-refractivity contribution in [2.45, 2.75) is 39.0 Å². The molecule has 0 aromatic rings. The molecule has 0 N–H and O–H groups in total. The van der Waals surface area contributed by atoms with E-state index >= 15 is 0 Å². The molecule has 1 rings (SSSR count). The second-order valence-corrected chi connectivity index (χ2v) is 4.17. The number of hydrogen-bond donors (Lipinski definition) is 0. The van der Waals surface area contributed by atoms with E-state index in [0.29, 0.717) is 0 Å². The number of nitrogens with zero attached hydrogens (tertiary/aromatic N) is 1. The number of piperidine rings is 1. The molecule has 0 unspecified atom stereocenters.